The lowest BCUT2D eigenvalue weighted by atomic mass is 10.1. The van der Waals surface area contributed by atoms with Crippen LogP contribution in [-0.4, -0.2) is 15.4 Å². The molecule has 0 saturated heterocycles. The van der Waals surface area contributed by atoms with E-state index in [0.29, 0.717) is 0 Å². The van der Waals surface area contributed by atoms with E-state index in [2.05, 4.69) is 25.2 Å². The van der Waals surface area contributed by atoms with E-state index in [1.807, 2.05) is 7.11 Å². The van der Waals surface area contributed by atoms with Gasteiger partial charge in [0.15, 0.2) is 8.32 Å². The molecule has 0 aliphatic heterocycles. The van der Waals surface area contributed by atoms with Crippen molar-refractivity contribution in [2.45, 2.75) is 31.5 Å². The van der Waals surface area contributed by atoms with Crippen LogP contribution in [0.15, 0.2) is 12.2 Å². The molecule has 0 radical (unpaired) electrons. The van der Waals surface area contributed by atoms with Crippen molar-refractivity contribution in [3.05, 3.63) is 12.2 Å². The third kappa shape index (κ3) is 1.17. The molecule has 0 aromatic carbocycles. The zero-order chi connectivity index (χ0) is 8.77. The minimum Gasteiger partial charge on any atom is -0.420 e. The average Bonchev–Trinajstić information content (AvgIpc) is 2.64. The van der Waals surface area contributed by atoms with Crippen molar-refractivity contribution in [1.29, 1.82) is 0 Å². The highest BCUT2D eigenvalue weighted by atomic mass is 28.4. The van der Waals surface area contributed by atoms with Crippen molar-refractivity contribution in [2.24, 2.45) is 11.8 Å². The van der Waals surface area contributed by atoms with Gasteiger partial charge in [-0.3, -0.25) is 0 Å². The summed E-state index contributed by atoms with van der Waals surface area (Å²) in [6.07, 6.45) is 7.63. The summed E-state index contributed by atoms with van der Waals surface area (Å²) in [4.78, 5) is 0. The van der Waals surface area contributed by atoms with Gasteiger partial charge >= 0.3 is 0 Å². The van der Waals surface area contributed by atoms with Crippen LogP contribution in [0.4, 0.5) is 0 Å². The molecule has 0 spiro atoms. The van der Waals surface area contributed by atoms with E-state index in [9.17, 15) is 0 Å². The molecule has 2 aliphatic carbocycles. The number of hydrogen-bond donors (Lipinski definition) is 0. The molecule has 0 amide bonds. The van der Waals surface area contributed by atoms with Crippen LogP contribution in [0.2, 0.25) is 18.6 Å². The average molecular weight is 182 g/mol. The van der Waals surface area contributed by atoms with E-state index >= 15 is 0 Å². The van der Waals surface area contributed by atoms with Crippen molar-refractivity contribution in [3.63, 3.8) is 0 Å². The summed E-state index contributed by atoms with van der Waals surface area (Å²) in [6.45, 7) is 4.71. The molecule has 2 heteroatoms. The van der Waals surface area contributed by atoms with Crippen molar-refractivity contribution in [1.82, 2.24) is 0 Å². The Kier molecular flexibility index (Phi) is 1.92. The Labute approximate surface area is 75.9 Å². The van der Waals surface area contributed by atoms with E-state index < -0.39 is 8.32 Å². The van der Waals surface area contributed by atoms with Crippen LogP contribution in [0.1, 0.15) is 12.8 Å². The molecule has 12 heavy (non-hydrogen) atoms. The first-order chi connectivity index (χ1) is 5.63. The second-order valence-corrected chi connectivity index (χ2v) is 9.05. The van der Waals surface area contributed by atoms with Gasteiger partial charge in [0.25, 0.3) is 0 Å². The van der Waals surface area contributed by atoms with Gasteiger partial charge in [-0.25, -0.2) is 0 Å². The number of hydrogen-bond acceptors (Lipinski definition) is 1. The topological polar surface area (TPSA) is 9.23 Å². The predicted octanol–water partition coefficient (Wildman–Crippen LogP) is 2.80. The third-order valence-electron chi connectivity index (χ3n) is 3.70. The highest BCUT2D eigenvalue weighted by Crippen LogP contribution is 2.51. The summed E-state index contributed by atoms with van der Waals surface area (Å²) in [5, 5.41) is 0. The molecule has 0 heterocycles. The molecule has 1 fully saturated rings. The fourth-order valence-corrected chi connectivity index (χ4v) is 5.18. The van der Waals surface area contributed by atoms with E-state index in [1.165, 1.54) is 12.8 Å². The summed E-state index contributed by atoms with van der Waals surface area (Å²) >= 11 is 0. The van der Waals surface area contributed by atoms with Gasteiger partial charge in [0, 0.05) is 7.11 Å². The normalized spacial score (nSPS) is 39.4. The molecule has 2 bridgehead atoms. The highest BCUT2D eigenvalue weighted by molar-refractivity contribution is 6.72. The SMILES string of the molecule is CO[Si](C)(C)C1CC2C=CC1C2. The first-order valence-corrected chi connectivity index (χ1v) is 7.85. The predicted molar refractivity (Wildman–Crippen MR) is 53.6 cm³/mol. The quantitative estimate of drug-likeness (QED) is 0.471. The van der Waals surface area contributed by atoms with Crippen molar-refractivity contribution in [3.8, 4) is 0 Å². The molecule has 1 saturated carbocycles. The molecule has 3 unspecified atom stereocenters. The molecule has 3 atom stereocenters. The smallest absolute Gasteiger partial charge is 0.189 e. The zero-order valence-electron chi connectivity index (χ0n) is 8.21. The molecule has 0 aromatic rings. The van der Waals surface area contributed by atoms with E-state index in [4.69, 9.17) is 4.43 Å². The number of allylic oxidation sites excluding steroid dienone is 2. The van der Waals surface area contributed by atoms with Crippen LogP contribution < -0.4 is 0 Å². The summed E-state index contributed by atoms with van der Waals surface area (Å²) < 4.78 is 5.68. The maximum atomic E-state index is 5.68. The van der Waals surface area contributed by atoms with Crippen molar-refractivity contribution < 1.29 is 4.43 Å². The van der Waals surface area contributed by atoms with Crippen LogP contribution in [0.3, 0.4) is 0 Å². The van der Waals surface area contributed by atoms with Gasteiger partial charge in [-0.2, -0.15) is 0 Å². The second kappa shape index (κ2) is 2.71. The standard InChI is InChI=1S/C10H18OSi/c1-11-12(2,3)10-7-8-4-5-9(10)6-8/h4-5,8-10H,6-7H2,1-3H3. The molecule has 68 valence electrons. The Bertz CT molecular complexity index is 210. The zero-order valence-corrected chi connectivity index (χ0v) is 9.21. The lowest BCUT2D eigenvalue weighted by Gasteiger charge is -2.31. The van der Waals surface area contributed by atoms with Gasteiger partial charge in [-0.1, -0.05) is 12.2 Å². The van der Waals surface area contributed by atoms with Gasteiger partial charge in [0.05, 0.1) is 0 Å². The maximum Gasteiger partial charge on any atom is 0.189 e. The van der Waals surface area contributed by atoms with Gasteiger partial charge in [0.1, 0.15) is 0 Å². The minimum absolute atomic E-state index is 0.858. The van der Waals surface area contributed by atoms with Crippen molar-refractivity contribution in [2.75, 3.05) is 7.11 Å². The third-order valence-corrected chi connectivity index (χ3v) is 7.20. The fraction of sp³-hybridized carbons (Fsp3) is 0.800. The van der Waals surface area contributed by atoms with E-state index in [-0.39, 0.29) is 0 Å². The second-order valence-electron chi connectivity index (χ2n) is 4.69. The molecule has 0 aromatic heterocycles. The van der Waals surface area contributed by atoms with Crippen LogP contribution in [0, 0.1) is 11.8 Å². The maximum absolute atomic E-state index is 5.68. The van der Waals surface area contributed by atoms with E-state index in [0.717, 1.165) is 17.4 Å². The Balaban J connectivity index is 2.12. The lowest BCUT2D eigenvalue weighted by molar-refractivity contribution is 0.380. The molecular formula is C10H18OSi. The summed E-state index contributed by atoms with van der Waals surface area (Å²) in [5.41, 5.74) is 0.887. The molecule has 1 nitrogen and oxygen atoms in total. The largest absolute Gasteiger partial charge is 0.420 e. The summed E-state index contributed by atoms with van der Waals surface area (Å²) in [7, 11) is 0.542. The van der Waals surface area contributed by atoms with Gasteiger partial charge in [0.2, 0.25) is 0 Å². The Morgan fingerprint density at radius 2 is 2.00 bits per heavy atom. The molecule has 2 aliphatic rings. The fourth-order valence-electron chi connectivity index (χ4n) is 2.73. The number of rotatable bonds is 2. The van der Waals surface area contributed by atoms with E-state index in [1.54, 1.807) is 0 Å². The van der Waals surface area contributed by atoms with Crippen molar-refractivity contribution >= 4 is 8.32 Å². The highest BCUT2D eigenvalue weighted by Gasteiger charge is 2.45. The Morgan fingerprint density at radius 1 is 1.25 bits per heavy atom. The van der Waals surface area contributed by atoms with Gasteiger partial charge in [-0.15, -0.1) is 0 Å². The number of fused-ring (bicyclic) bond motifs is 2. The first kappa shape index (κ1) is 8.51. The van der Waals surface area contributed by atoms with Gasteiger partial charge in [-0.05, 0) is 43.3 Å². The van der Waals surface area contributed by atoms with Crippen LogP contribution in [0.5, 0.6) is 0 Å². The Morgan fingerprint density at radius 3 is 2.42 bits per heavy atom. The Hall–Kier alpha value is -0.0831. The minimum atomic E-state index is -1.35. The van der Waals surface area contributed by atoms with Crippen LogP contribution in [-0.2, 0) is 4.43 Å². The monoisotopic (exact) mass is 182 g/mol. The van der Waals surface area contributed by atoms with Crippen LogP contribution in [0.25, 0.3) is 0 Å². The molecule has 0 N–H and O–H groups in total. The van der Waals surface area contributed by atoms with Gasteiger partial charge < -0.3 is 4.43 Å². The summed E-state index contributed by atoms with van der Waals surface area (Å²) in [6, 6.07) is 0. The first-order valence-electron chi connectivity index (χ1n) is 4.87. The molecule has 2 rings (SSSR count). The molecular weight excluding hydrogens is 164 g/mol. The van der Waals surface area contributed by atoms with Crippen LogP contribution >= 0.6 is 0 Å². The lowest BCUT2D eigenvalue weighted by Crippen LogP contribution is -2.37. The summed E-state index contributed by atoms with van der Waals surface area (Å²) in [5.74, 6) is 1.75.